The first kappa shape index (κ1) is 15.9. The number of hydrogen-bond donors (Lipinski definition) is 1. The summed E-state index contributed by atoms with van der Waals surface area (Å²) < 4.78 is 3.61. The molecule has 2 heterocycles. The van der Waals surface area contributed by atoms with Crippen LogP contribution in [-0.2, 0) is 13.1 Å². The minimum atomic E-state index is -0.172. The molecule has 0 atom stereocenters. The van der Waals surface area contributed by atoms with Crippen LogP contribution in [0.5, 0.6) is 0 Å². The maximum atomic E-state index is 12.5. The van der Waals surface area contributed by atoms with Crippen molar-refractivity contribution in [2.24, 2.45) is 0 Å². The van der Waals surface area contributed by atoms with E-state index in [1.165, 1.54) is 11.0 Å². The quantitative estimate of drug-likeness (QED) is 0.596. The number of aromatic nitrogens is 6. The topological polar surface area (TPSA) is 90.5 Å². The van der Waals surface area contributed by atoms with E-state index in [0.717, 1.165) is 29.1 Å². The number of nitrogens with one attached hydrogen (secondary N) is 1. The fourth-order valence-corrected chi connectivity index (χ4v) is 2.94. The zero-order chi connectivity index (χ0) is 17.9. The number of aryl methyl sites for hydroxylation is 1. The van der Waals surface area contributed by atoms with E-state index in [0.29, 0.717) is 12.1 Å². The first-order valence-electron chi connectivity index (χ1n) is 8.32. The van der Waals surface area contributed by atoms with Crippen molar-refractivity contribution in [1.82, 2.24) is 35.1 Å². The van der Waals surface area contributed by atoms with E-state index in [-0.39, 0.29) is 5.91 Å². The van der Waals surface area contributed by atoms with Crippen molar-refractivity contribution in [3.63, 3.8) is 0 Å². The Morgan fingerprint density at radius 3 is 2.85 bits per heavy atom. The number of carbonyl (C=O) groups is 1. The molecule has 2 aromatic carbocycles. The zero-order valence-corrected chi connectivity index (χ0v) is 14.2. The Morgan fingerprint density at radius 1 is 1.15 bits per heavy atom. The molecule has 0 saturated heterocycles. The summed E-state index contributed by atoms with van der Waals surface area (Å²) in [7, 11) is 0. The van der Waals surface area contributed by atoms with Crippen LogP contribution in [-0.4, -0.2) is 35.7 Å². The number of amides is 1. The van der Waals surface area contributed by atoms with Crippen LogP contribution in [0.3, 0.4) is 0 Å². The number of benzene rings is 2. The number of nitrogens with zero attached hydrogens (tertiary/aromatic N) is 6. The zero-order valence-electron chi connectivity index (χ0n) is 14.2. The summed E-state index contributed by atoms with van der Waals surface area (Å²) in [5, 5.41) is 14.0. The molecule has 4 aromatic rings. The summed E-state index contributed by atoms with van der Waals surface area (Å²) in [4.78, 5) is 17.2. The van der Waals surface area contributed by atoms with Crippen molar-refractivity contribution in [3.8, 4) is 5.69 Å². The molecule has 0 aliphatic heterocycles. The molecule has 4 rings (SSSR count). The number of tetrazole rings is 1. The van der Waals surface area contributed by atoms with Gasteiger partial charge < -0.3 is 9.88 Å². The van der Waals surface area contributed by atoms with Gasteiger partial charge >= 0.3 is 0 Å². The lowest BCUT2D eigenvalue weighted by Gasteiger charge is -2.08. The van der Waals surface area contributed by atoms with Crippen molar-refractivity contribution >= 4 is 16.9 Å². The number of para-hydroxylation sites is 2. The molecule has 1 N–H and O–H groups in total. The van der Waals surface area contributed by atoms with Crippen LogP contribution in [0.15, 0.2) is 54.9 Å². The third-order valence-corrected chi connectivity index (χ3v) is 4.18. The van der Waals surface area contributed by atoms with E-state index in [9.17, 15) is 4.79 Å². The van der Waals surface area contributed by atoms with Gasteiger partial charge in [-0.25, -0.2) is 9.67 Å². The third kappa shape index (κ3) is 2.92. The van der Waals surface area contributed by atoms with Gasteiger partial charge in [-0.1, -0.05) is 18.2 Å². The summed E-state index contributed by atoms with van der Waals surface area (Å²) >= 11 is 0. The van der Waals surface area contributed by atoms with Gasteiger partial charge in [-0.2, -0.15) is 0 Å². The predicted octanol–water partition coefficient (Wildman–Crippen LogP) is 1.96. The van der Waals surface area contributed by atoms with Crippen LogP contribution in [0.2, 0.25) is 0 Å². The molecule has 26 heavy (non-hydrogen) atoms. The van der Waals surface area contributed by atoms with Crippen molar-refractivity contribution in [2.75, 3.05) is 0 Å². The maximum absolute atomic E-state index is 12.5. The van der Waals surface area contributed by atoms with Crippen LogP contribution in [0.4, 0.5) is 0 Å². The first-order valence-corrected chi connectivity index (χ1v) is 8.32. The minimum Gasteiger partial charge on any atom is -0.345 e. The van der Waals surface area contributed by atoms with E-state index < -0.39 is 0 Å². The highest BCUT2D eigenvalue weighted by Gasteiger charge is 2.12. The SMILES string of the molecule is CCn1c(CNC(=O)c2cccc(-n3cnnn3)c2)nc2ccccc21. The molecule has 0 fully saturated rings. The summed E-state index contributed by atoms with van der Waals surface area (Å²) in [6, 6.07) is 15.1. The van der Waals surface area contributed by atoms with Crippen LogP contribution < -0.4 is 5.32 Å². The van der Waals surface area contributed by atoms with Gasteiger partial charge in [-0.3, -0.25) is 4.79 Å². The van der Waals surface area contributed by atoms with Gasteiger partial charge in [0, 0.05) is 12.1 Å². The van der Waals surface area contributed by atoms with Crippen molar-refractivity contribution in [3.05, 3.63) is 66.2 Å². The van der Waals surface area contributed by atoms with Crippen LogP contribution >= 0.6 is 0 Å². The molecular weight excluding hydrogens is 330 g/mol. The lowest BCUT2D eigenvalue weighted by molar-refractivity contribution is 0.0949. The summed E-state index contributed by atoms with van der Waals surface area (Å²) in [6.07, 6.45) is 1.49. The molecule has 130 valence electrons. The highest BCUT2D eigenvalue weighted by molar-refractivity contribution is 5.94. The number of rotatable bonds is 5. The second-order valence-electron chi connectivity index (χ2n) is 5.75. The van der Waals surface area contributed by atoms with Gasteiger partial charge in [0.2, 0.25) is 0 Å². The van der Waals surface area contributed by atoms with E-state index in [2.05, 4.69) is 37.3 Å². The van der Waals surface area contributed by atoms with E-state index in [1.54, 1.807) is 18.2 Å². The largest absolute Gasteiger partial charge is 0.345 e. The van der Waals surface area contributed by atoms with Gasteiger partial charge in [0.05, 0.1) is 23.3 Å². The van der Waals surface area contributed by atoms with Crippen LogP contribution in [0, 0.1) is 0 Å². The monoisotopic (exact) mass is 347 g/mol. The summed E-state index contributed by atoms with van der Waals surface area (Å²) in [5.74, 6) is 0.660. The van der Waals surface area contributed by atoms with Gasteiger partial charge in [0.25, 0.3) is 5.91 Å². The van der Waals surface area contributed by atoms with Gasteiger partial charge in [0.15, 0.2) is 0 Å². The maximum Gasteiger partial charge on any atom is 0.251 e. The number of carbonyl (C=O) groups excluding carboxylic acids is 1. The molecule has 0 saturated carbocycles. The van der Waals surface area contributed by atoms with E-state index >= 15 is 0 Å². The average molecular weight is 347 g/mol. The summed E-state index contributed by atoms with van der Waals surface area (Å²) in [5.41, 5.74) is 3.26. The molecule has 0 bridgehead atoms. The smallest absolute Gasteiger partial charge is 0.251 e. The lowest BCUT2D eigenvalue weighted by Crippen LogP contribution is -2.24. The molecule has 2 aromatic heterocycles. The Bertz CT molecular complexity index is 1050. The van der Waals surface area contributed by atoms with Crippen LogP contribution in [0.25, 0.3) is 16.7 Å². The van der Waals surface area contributed by atoms with Gasteiger partial charge in [-0.05, 0) is 47.7 Å². The average Bonchev–Trinajstić information content (AvgIpc) is 3.33. The van der Waals surface area contributed by atoms with Crippen LogP contribution in [0.1, 0.15) is 23.1 Å². The van der Waals surface area contributed by atoms with E-state index in [1.807, 2.05) is 30.3 Å². The summed E-state index contributed by atoms with van der Waals surface area (Å²) in [6.45, 7) is 3.21. The molecule has 0 aliphatic rings. The predicted molar refractivity (Wildman–Crippen MR) is 95.7 cm³/mol. The van der Waals surface area contributed by atoms with Gasteiger partial charge in [-0.15, -0.1) is 5.10 Å². The second kappa shape index (κ2) is 6.75. The number of imidazole rings is 1. The Hall–Kier alpha value is -3.55. The normalized spacial score (nSPS) is 11.0. The number of fused-ring (bicyclic) bond motifs is 1. The third-order valence-electron chi connectivity index (χ3n) is 4.18. The minimum absolute atomic E-state index is 0.172. The lowest BCUT2D eigenvalue weighted by atomic mass is 10.2. The number of hydrogen-bond acceptors (Lipinski definition) is 5. The molecule has 0 spiro atoms. The second-order valence-corrected chi connectivity index (χ2v) is 5.75. The molecule has 1 amide bonds. The molecule has 8 heteroatoms. The standard InChI is InChI=1S/C18H17N7O/c1-2-24-16-9-4-3-8-15(16)21-17(24)11-19-18(26)13-6-5-7-14(10-13)25-12-20-22-23-25/h3-10,12H,2,11H2,1H3,(H,19,26). The van der Waals surface area contributed by atoms with Crippen molar-refractivity contribution in [1.29, 1.82) is 0 Å². The fourth-order valence-electron chi connectivity index (χ4n) is 2.94. The van der Waals surface area contributed by atoms with Gasteiger partial charge in [0.1, 0.15) is 12.2 Å². The first-order chi connectivity index (χ1) is 12.8. The Morgan fingerprint density at radius 2 is 2.04 bits per heavy atom. The van der Waals surface area contributed by atoms with Crippen molar-refractivity contribution < 1.29 is 4.79 Å². The van der Waals surface area contributed by atoms with E-state index in [4.69, 9.17) is 0 Å². The Labute approximate surface area is 149 Å². The molecule has 0 radical (unpaired) electrons. The van der Waals surface area contributed by atoms with Crippen molar-refractivity contribution in [2.45, 2.75) is 20.0 Å². The Kier molecular flexibility index (Phi) is 4.14. The molecule has 0 unspecified atom stereocenters. The Balaban J connectivity index is 1.54. The fraction of sp³-hybridized carbons (Fsp3) is 0.167. The molecule has 0 aliphatic carbocycles. The molecular formula is C18H17N7O. The molecule has 8 nitrogen and oxygen atoms in total. The highest BCUT2D eigenvalue weighted by Crippen LogP contribution is 2.16. The highest BCUT2D eigenvalue weighted by atomic mass is 16.1.